The minimum Gasteiger partial charge on any atom is -0.334 e. The minimum absolute atomic E-state index is 0.182. The van der Waals surface area contributed by atoms with E-state index in [4.69, 9.17) is 15.0 Å². The van der Waals surface area contributed by atoms with E-state index in [1.54, 1.807) is 0 Å². The van der Waals surface area contributed by atoms with Gasteiger partial charge in [-0.15, -0.1) is 0 Å². The predicted molar refractivity (Wildman–Crippen MR) is 266 cm³/mol. The van der Waals surface area contributed by atoms with Gasteiger partial charge in [0.2, 0.25) is 0 Å². The van der Waals surface area contributed by atoms with E-state index < -0.39 is 0 Å². The summed E-state index contributed by atoms with van der Waals surface area (Å²) in [5.74, 6) is 1.96. The number of benzene rings is 7. The smallest absolute Gasteiger partial charge is 0.164 e. The maximum Gasteiger partial charge on any atom is 0.164 e. The highest BCUT2D eigenvalue weighted by Gasteiger charge is 2.34. The van der Waals surface area contributed by atoms with Gasteiger partial charge >= 0.3 is 0 Å². The minimum atomic E-state index is -0.227. The third-order valence-electron chi connectivity index (χ3n) is 12.6. The number of rotatable bonds is 4. The molecule has 6 heteroatoms. The van der Waals surface area contributed by atoms with Crippen LogP contribution < -0.4 is 0 Å². The van der Waals surface area contributed by atoms with Crippen LogP contribution in [0.25, 0.3) is 111 Å². The molecular weight excluding hydrogens is 769 g/mol. The summed E-state index contributed by atoms with van der Waals surface area (Å²) < 4.78 is 7.88. The van der Waals surface area contributed by atoms with Gasteiger partial charge < -0.3 is 13.7 Å². The molecule has 0 saturated heterocycles. The van der Waals surface area contributed by atoms with Gasteiger partial charge in [0.25, 0.3) is 0 Å². The summed E-state index contributed by atoms with van der Waals surface area (Å²) in [5, 5.41) is 7.77. The lowest BCUT2D eigenvalue weighted by atomic mass is 9.98. The van der Waals surface area contributed by atoms with Crippen molar-refractivity contribution in [1.82, 2.24) is 28.7 Å². The van der Waals surface area contributed by atoms with E-state index in [0.29, 0.717) is 17.5 Å². The average molecular weight is 821 g/mol. The second-order valence-corrected chi connectivity index (χ2v) is 20.1. The summed E-state index contributed by atoms with van der Waals surface area (Å²) in [6.07, 6.45) is 0. The molecule has 0 aliphatic carbocycles. The zero-order valence-electron chi connectivity index (χ0n) is 37.6. The van der Waals surface area contributed by atoms with Crippen molar-refractivity contribution >= 4 is 65.4 Å². The van der Waals surface area contributed by atoms with Crippen molar-refractivity contribution in [3.8, 4) is 45.3 Å². The molecule has 0 unspecified atom stereocenters. The first-order chi connectivity index (χ1) is 30.2. The molecule has 0 spiro atoms. The zero-order chi connectivity index (χ0) is 43.6. The second kappa shape index (κ2) is 13.7. The second-order valence-electron chi connectivity index (χ2n) is 20.1. The molecule has 0 bridgehead atoms. The number of fused-ring (bicyclic) bond motifs is 12. The normalized spacial score (nSPS) is 12.8. The first-order valence-corrected chi connectivity index (χ1v) is 22.1. The molecular formula is C57H52N6. The molecule has 0 atom stereocenters. The topological polar surface area (TPSA) is 53.5 Å². The number of hydrogen-bond donors (Lipinski definition) is 0. The molecule has 4 aromatic heterocycles. The van der Waals surface area contributed by atoms with E-state index in [-0.39, 0.29) is 16.6 Å². The van der Waals surface area contributed by atoms with Gasteiger partial charge in [0.05, 0.1) is 16.6 Å². The summed E-state index contributed by atoms with van der Waals surface area (Å²) in [4.78, 5) is 14.9. The van der Waals surface area contributed by atoms with Gasteiger partial charge in [-0.25, -0.2) is 15.0 Å². The SMILES string of the molecule is CC(C)(C)n1c2ccccc2c2c1c1c3ccccc3n(C(C)(C)C)c1c1c3cc(-c4ccc(-c5nc(-c6ccccc6)nc(-c6ccccc6)n5)cc4)ccc3n(C(C)(C)C)c21. The van der Waals surface area contributed by atoms with Crippen LogP contribution in [0.2, 0.25) is 0 Å². The largest absolute Gasteiger partial charge is 0.334 e. The molecule has 0 N–H and O–H groups in total. The zero-order valence-corrected chi connectivity index (χ0v) is 37.6. The molecule has 0 aliphatic heterocycles. The highest BCUT2D eigenvalue weighted by atomic mass is 15.1. The number of hydrogen-bond acceptors (Lipinski definition) is 3. The highest BCUT2D eigenvalue weighted by molar-refractivity contribution is 6.39. The van der Waals surface area contributed by atoms with Crippen LogP contribution in [0.4, 0.5) is 0 Å². The quantitative estimate of drug-likeness (QED) is 0.178. The molecule has 0 aliphatic rings. The van der Waals surface area contributed by atoms with E-state index in [9.17, 15) is 0 Å². The third-order valence-corrected chi connectivity index (χ3v) is 12.6. The Kier molecular flexibility index (Phi) is 8.46. The molecule has 310 valence electrons. The Bertz CT molecular complexity index is 3490. The third kappa shape index (κ3) is 6.02. The average Bonchev–Trinajstić information content (AvgIpc) is 3.93. The van der Waals surface area contributed by atoms with Crippen molar-refractivity contribution in [2.75, 3.05) is 0 Å². The first kappa shape index (κ1) is 38.8. The molecule has 0 radical (unpaired) electrons. The molecule has 6 nitrogen and oxygen atoms in total. The molecule has 11 aromatic rings. The van der Waals surface area contributed by atoms with E-state index >= 15 is 0 Å². The molecule has 11 rings (SSSR count). The van der Waals surface area contributed by atoms with Gasteiger partial charge in [0.15, 0.2) is 17.5 Å². The van der Waals surface area contributed by atoms with Crippen molar-refractivity contribution in [2.24, 2.45) is 0 Å². The monoisotopic (exact) mass is 820 g/mol. The summed E-state index contributed by atoms with van der Waals surface area (Å²) in [6, 6.07) is 54.2. The van der Waals surface area contributed by atoms with Gasteiger partial charge in [-0.1, -0.05) is 127 Å². The van der Waals surface area contributed by atoms with Crippen LogP contribution in [0.1, 0.15) is 62.3 Å². The summed E-state index contributed by atoms with van der Waals surface area (Å²) in [7, 11) is 0. The fraction of sp³-hybridized carbons (Fsp3) is 0.211. The fourth-order valence-electron chi connectivity index (χ4n) is 10.2. The molecule has 0 amide bonds. The molecule has 0 saturated carbocycles. The van der Waals surface area contributed by atoms with E-state index in [2.05, 4.69) is 167 Å². The maximum absolute atomic E-state index is 5.01. The summed E-state index contributed by atoms with van der Waals surface area (Å²) >= 11 is 0. The Balaban J connectivity index is 1.21. The van der Waals surface area contributed by atoms with Crippen LogP contribution >= 0.6 is 0 Å². The summed E-state index contributed by atoms with van der Waals surface area (Å²) in [5.41, 5.74) is 12.2. The lowest BCUT2D eigenvalue weighted by molar-refractivity contribution is 0.421. The first-order valence-electron chi connectivity index (χ1n) is 22.1. The van der Waals surface area contributed by atoms with Crippen LogP contribution in [0.3, 0.4) is 0 Å². The Morgan fingerprint density at radius 3 is 1.03 bits per heavy atom. The van der Waals surface area contributed by atoms with Gasteiger partial charge in [-0.3, -0.25) is 0 Å². The lowest BCUT2D eigenvalue weighted by Gasteiger charge is -2.27. The van der Waals surface area contributed by atoms with Crippen LogP contribution in [0.5, 0.6) is 0 Å². The predicted octanol–water partition coefficient (Wildman–Crippen LogP) is 15.1. The number of aromatic nitrogens is 6. The van der Waals surface area contributed by atoms with Gasteiger partial charge in [0, 0.05) is 82.2 Å². The maximum atomic E-state index is 5.01. The van der Waals surface area contributed by atoms with Crippen molar-refractivity contribution in [3.63, 3.8) is 0 Å². The van der Waals surface area contributed by atoms with Crippen LogP contribution in [-0.2, 0) is 16.6 Å². The Morgan fingerprint density at radius 2 is 0.619 bits per heavy atom. The van der Waals surface area contributed by atoms with E-state index in [0.717, 1.165) is 27.8 Å². The molecule has 0 fully saturated rings. The van der Waals surface area contributed by atoms with Gasteiger partial charge in [-0.2, -0.15) is 0 Å². The number of para-hydroxylation sites is 2. The Labute approximate surface area is 368 Å². The van der Waals surface area contributed by atoms with E-state index in [1.165, 1.54) is 65.4 Å². The van der Waals surface area contributed by atoms with Crippen LogP contribution in [-0.4, -0.2) is 28.7 Å². The van der Waals surface area contributed by atoms with Crippen LogP contribution in [0.15, 0.2) is 152 Å². The number of nitrogens with zero attached hydrogens (tertiary/aromatic N) is 6. The van der Waals surface area contributed by atoms with Gasteiger partial charge in [-0.05, 0) is 97.7 Å². The summed E-state index contributed by atoms with van der Waals surface area (Å²) in [6.45, 7) is 21.1. The van der Waals surface area contributed by atoms with Gasteiger partial charge in [0.1, 0.15) is 0 Å². The Hall–Kier alpha value is -7.05. The van der Waals surface area contributed by atoms with Crippen LogP contribution in [0, 0.1) is 0 Å². The molecule has 4 heterocycles. The Morgan fingerprint density at radius 1 is 0.302 bits per heavy atom. The van der Waals surface area contributed by atoms with Crippen molar-refractivity contribution in [3.05, 3.63) is 152 Å². The highest BCUT2D eigenvalue weighted by Crippen LogP contribution is 2.52. The van der Waals surface area contributed by atoms with Crippen molar-refractivity contribution in [2.45, 2.75) is 78.9 Å². The van der Waals surface area contributed by atoms with Crippen molar-refractivity contribution < 1.29 is 0 Å². The standard InChI is InChI=1S/C57H52N6/c1-55(2,3)61-43-26-18-16-24-40(43)47-49(61)46-41-25-17-19-27-44(41)62(56(4,5)6)50(46)48-42-34-39(32-33-45(42)63(51(47)48)57(7,8)9)35-28-30-38(31-29-35)54-59-52(36-20-12-10-13-21-36)58-53(60-54)37-22-14-11-15-23-37/h10-34H,1-9H3. The van der Waals surface area contributed by atoms with Crippen molar-refractivity contribution in [1.29, 1.82) is 0 Å². The molecule has 63 heavy (non-hydrogen) atoms. The molecule has 7 aromatic carbocycles. The van der Waals surface area contributed by atoms with E-state index in [1.807, 2.05) is 60.7 Å². The fourth-order valence-corrected chi connectivity index (χ4v) is 10.2. The lowest BCUT2D eigenvalue weighted by Crippen LogP contribution is -2.23.